The van der Waals surface area contributed by atoms with Crippen LogP contribution in [-0.4, -0.2) is 25.2 Å². The first-order chi connectivity index (χ1) is 19.1. The van der Waals surface area contributed by atoms with Gasteiger partial charge in [0, 0.05) is 6.92 Å². The summed E-state index contributed by atoms with van der Waals surface area (Å²) in [6.07, 6.45) is 35.9. The average Bonchev–Trinajstić information content (AvgIpc) is 2.92. The molecule has 4 nitrogen and oxygen atoms in total. The van der Waals surface area contributed by atoms with Crippen molar-refractivity contribution in [1.29, 1.82) is 0 Å². The number of rotatable bonds is 28. The van der Waals surface area contributed by atoms with Gasteiger partial charge < -0.3 is 9.47 Å². The lowest BCUT2D eigenvalue weighted by Gasteiger charge is -2.25. The molecule has 0 bridgehead atoms. The van der Waals surface area contributed by atoms with Crippen molar-refractivity contribution in [1.82, 2.24) is 0 Å². The van der Waals surface area contributed by atoms with Crippen LogP contribution in [0, 0.1) is 5.92 Å². The van der Waals surface area contributed by atoms with Gasteiger partial charge in [-0.3, -0.25) is 9.59 Å². The minimum absolute atomic E-state index is 0.242. The molecule has 4 heteroatoms. The van der Waals surface area contributed by atoms with Crippen LogP contribution < -0.4 is 0 Å². The van der Waals surface area contributed by atoms with Crippen molar-refractivity contribution in [2.24, 2.45) is 5.92 Å². The number of carbonyl (C=O) groups excluding carboxylic acids is 2. The standard InChI is InChI=1S/C35H64O4/c1-5-7-9-11-13-15-17-19-21-23-25-27-29-31-34(39-32(3)36)33(35(37)38-4)30-28-26-24-22-20-18-16-14-12-10-8-6-2/h15-18,33-34H,5-14,19-31H2,1-4H3/t33-,34+/m1/s1. The molecule has 39 heavy (non-hydrogen) atoms. The summed E-state index contributed by atoms with van der Waals surface area (Å²) >= 11 is 0. The summed E-state index contributed by atoms with van der Waals surface area (Å²) in [4.78, 5) is 24.4. The van der Waals surface area contributed by atoms with Crippen LogP contribution >= 0.6 is 0 Å². The van der Waals surface area contributed by atoms with Gasteiger partial charge in [0.05, 0.1) is 13.0 Å². The summed E-state index contributed by atoms with van der Waals surface area (Å²) in [5.41, 5.74) is 0. The van der Waals surface area contributed by atoms with Crippen LogP contribution in [0.1, 0.15) is 168 Å². The normalized spacial score (nSPS) is 13.2. The molecule has 0 saturated carbocycles. The summed E-state index contributed by atoms with van der Waals surface area (Å²) in [6, 6.07) is 0. The number of allylic oxidation sites excluding steroid dienone is 4. The maximum absolute atomic E-state index is 12.6. The number of esters is 2. The first kappa shape index (κ1) is 37.4. The fourth-order valence-electron chi connectivity index (χ4n) is 5.13. The van der Waals surface area contributed by atoms with E-state index in [1.165, 1.54) is 117 Å². The molecule has 0 aliphatic carbocycles. The van der Waals surface area contributed by atoms with Crippen molar-refractivity contribution in [2.75, 3.05) is 7.11 Å². The van der Waals surface area contributed by atoms with E-state index < -0.39 is 0 Å². The molecule has 0 aromatic rings. The Bertz CT molecular complexity index is 610. The molecule has 0 N–H and O–H groups in total. The summed E-state index contributed by atoms with van der Waals surface area (Å²) in [6.45, 7) is 5.94. The Morgan fingerprint density at radius 2 is 0.949 bits per heavy atom. The SMILES string of the molecule is CCCCCCC=CCCCCCCC[C@H](OC(C)=O)[C@@H](CCCCCCC=CCCCCCC)C(=O)OC. The number of hydrogen-bond donors (Lipinski definition) is 0. The zero-order valence-corrected chi connectivity index (χ0v) is 26.4. The molecule has 0 aromatic carbocycles. The van der Waals surface area contributed by atoms with Gasteiger partial charge in [0.15, 0.2) is 0 Å². The van der Waals surface area contributed by atoms with Gasteiger partial charge in [0.2, 0.25) is 0 Å². The molecule has 228 valence electrons. The monoisotopic (exact) mass is 548 g/mol. The Hall–Kier alpha value is -1.58. The molecule has 2 atom stereocenters. The highest BCUT2D eigenvalue weighted by atomic mass is 16.6. The lowest BCUT2D eigenvalue weighted by Crippen LogP contribution is -2.33. The molecular formula is C35H64O4. The minimum atomic E-state index is -0.374. The van der Waals surface area contributed by atoms with E-state index in [2.05, 4.69) is 38.2 Å². The third kappa shape index (κ3) is 25.2. The molecule has 0 rings (SSSR count). The molecule has 0 saturated heterocycles. The van der Waals surface area contributed by atoms with E-state index in [-0.39, 0.29) is 24.0 Å². The molecule has 0 amide bonds. The average molecular weight is 549 g/mol. The van der Waals surface area contributed by atoms with Crippen LogP contribution in [0.15, 0.2) is 24.3 Å². The smallest absolute Gasteiger partial charge is 0.312 e. The fourth-order valence-corrected chi connectivity index (χ4v) is 5.13. The molecule has 0 heterocycles. The van der Waals surface area contributed by atoms with E-state index >= 15 is 0 Å². The van der Waals surface area contributed by atoms with E-state index in [0.29, 0.717) is 0 Å². The van der Waals surface area contributed by atoms with Crippen molar-refractivity contribution in [3.8, 4) is 0 Å². The summed E-state index contributed by atoms with van der Waals surface area (Å²) in [7, 11) is 1.44. The van der Waals surface area contributed by atoms with E-state index in [4.69, 9.17) is 9.47 Å². The number of ether oxygens (including phenoxy) is 2. The largest absolute Gasteiger partial charge is 0.469 e. The topological polar surface area (TPSA) is 52.6 Å². The van der Waals surface area contributed by atoms with Crippen LogP contribution in [0.4, 0.5) is 0 Å². The molecule has 0 aliphatic rings. The Morgan fingerprint density at radius 3 is 1.36 bits per heavy atom. The Labute approximate surface area is 242 Å². The number of methoxy groups -OCH3 is 1. The van der Waals surface area contributed by atoms with Crippen LogP contribution in [0.2, 0.25) is 0 Å². The van der Waals surface area contributed by atoms with Gasteiger partial charge in [-0.05, 0) is 70.6 Å². The predicted octanol–water partition coefficient (Wildman–Crippen LogP) is 10.8. The molecule has 0 fully saturated rings. The van der Waals surface area contributed by atoms with Crippen molar-refractivity contribution in [3.63, 3.8) is 0 Å². The quantitative estimate of drug-likeness (QED) is 0.0554. The molecule has 0 aromatic heterocycles. The van der Waals surface area contributed by atoms with E-state index in [0.717, 1.165) is 44.9 Å². The van der Waals surface area contributed by atoms with Gasteiger partial charge in [-0.1, -0.05) is 115 Å². The van der Waals surface area contributed by atoms with E-state index in [1.54, 1.807) is 0 Å². The third-order valence-electron chi connectivity index (χ3n) is 7.55. The summed E-state index contributed by atoms with van der Waals surface area (Å²) in [5, 5.41) is 0. The molecule has 0 unspecified atom stereocenters. The highest BCUT2D eigenvalue weighted by Crippen LogP contribution is 2.24. The zero-order chi connectivity index (χ0) is 28.8. The highest BCUT2D eigenvalue weighted by Gasteiger charge is 2.30. The Balaban J connectivity index is 4.21. The second-order valence-electron chi connectivity index (χ2n) is 11.3. The molecule has 0 radical (unpaired) electrons. The second kappa shape index (κ2) is 29.4. The summed E-state index contributed by atoms with van der Waals surface area (Å²) < 4.78 is 10.7. The lowest BCUT2D eigenvalue weighted by atomic mass is 9.91. The maximum atomic E-state index is 12.6. The fraction of sp³-hybridized carbons (Fsp3) is 0.829. The Morgan fingerprint density at radius 1 is 0.564 bits per heavy atom. The van der Waals surface area contributed by atoms with E-state index in [1.807, 2.05) is 0 Å². The van der Waals surface area contributed by atoms with E-state index in [9.17, 15) is 9.59 Å². The number of carbonyl (C=O) groups is 2. The van der Waals surface area contributed by atoms with Crippen LogP contribution in [0.25, 0.3) is 0 Å². The number of hydrogen-bond acceptors (Lipinski definition) is 4. The van der Waals surface area contributed by atoms with Gasteiger partial charge >= 0.3 is 11.9 Å². The van der Waals surface area contributed by atoms with Gasteiger partial charge in [-0.15, -0.1) is 0 Å². The van der Waals surface area contributed by atoms with Crippen LogP contribution in [-0.2, 0) is 19.1 Å². The molecule has 0 spiro atoms. The van der Waals surface area contributed by atoms with Crippen molar-refractivity contribution in [2.45, 2.75) is 175 Å². The van der Waals surface area contributed by atoms with Gasteiger partial charge in [0.25, 0.3) is 0 Å². The van der Waals surface area contributed by atoms with Crippen molar-refractivity contribution < 1.29 is 19.1 Å². The van der Waals surface area contributed by atoms with Crippen molar-refractivity contribution >= 4 is 11.9 Å². The maximum Gasteiger partial charge on any atom is 0.312 e. The van der Waals surface area contributed by atoms with Gasteiger partial charge in [-0.2, -0.15) is 0 Å². The Kier molecular flexibility index (Phi) is 28.2. The first-order valence-electron chi connectivity index (χ1n) is 16.6. The molecule has 0 aliphatic heterocycles. The highest BCUT2D eigenvalue weighted by molar-refractivity contribution is 5.74. The minimum Gasteiger partial charge on any atom is -0.469 e. The molecular weight excluding hydrogens is 484 g/mol. The first-order valence-corrected chi connectivity index (χ1v) is 16.6. The van der Waals surface area contributed by atoms with Crippen LogP contribution in [0.5, 0.6) is 0 Å². The zero-order valence-electron chi connectivity index (χ0n) is 26.4. The van der Waals surface area contributed by atoms with Gasteiger partial charge in [0.1, 0.15) is 6.10 Å². The number of unbranched alkanes of at least 4 members (excludes halogenated alkanes) is 17. The van der Waals surface area contributed by atoms with Crippen molar-refractivity contribution in [3.05, 3.63) is 24.3 Å². The second-order valence-corrected chi connectivity index (χ2v) is 11.3. The van der Waals surface area contributed by atoms with Crippen LogP contribution in [0.3, 0.4) is 0 Å². The lowest BCUT2D eigenvalue weighted by molar-refractivity contribution is -0.160. The van der Waals surface area contributed by atoms with Gasteiger partial charge in [-0.25, -0.2) is 0 Å². The summed E-state index contributed by atoms with van der Waals surface area (Å²) in [5.74, 6) is -0.907. The predicted molar refractivity (Wildman–Crippen MR) is 167 cm³/mol. The third-order valence-corrected chi connectivity index (χ3v) is 7.55.